The molecule has 4 rings (SSSR count). The predicted molar refractivity (Wildman–Crippen MR) is 123 cm³/mol. The van der Waals surface area contributed by atoms with E-state index in [1.165, 1.54) is 24.3 Å². The van der Waals surface area contributed by atoms with E-state index in [4.69, 9.17) is 23.2 Å². The third-order valence-electron chi connectivity index (χ3n) is 5.11. The normalized spacial score (nSPS) is 11.6. The summed E-state index contributed by atoms with van der Waals surface area (Å²) in [5.41, 5.74) is -1.35. The molecule has 1 amide bonds. The molecular weight excluding hydrogens is 510 g/mol. The number of halogens is 5. The molecule has 0 bridgehead atoms. The van der Waals surface area contributed by atoms with Crippen molar-refractivity contribution in [3.05, 3.63) is 85.4 Å². The van der Waals surface area contributed by atoms with E-state index in [0.717, 1.165) is 16.8 Å². The molecule has 0 fully saturated rings. The lowest BCUT2D eigenvalue weighted by Crippen LogP contribution is -2.27. The van der Waals surface area contributed by atoms with E-state index in [0.29, 0.717) is 5.56 Å². The van der Waals surface area contributed by atoms with Crippen molar-refractivity contribution in [1.29, 1.82) is 0 Å². The maximum absolute atomic E-state index is 13.4. The molecule has 2 heterocycles. The molecule has 2 aromatic carbocycles. The van der Waals surface area contributed by atoms with Gasteiger partial charge in [-0.1, -0.05) is 52.7 Å². The molecular formula is C22H14Cl2F3N5O3. The van der Waals surface area contributed by atoms with Crippen molar-refractivity contribution >= 4 is 45.7 Å². The van der Waals surface area contributed by atoms with Crippen LogP contribution in [0.25, 0.3) is 10.9 Å². The van der Waals surface area contributed by atoms with Gasteiger partial charge in [0.15, 0.2) is 10.9 Å². The number of aromatic hydroxyl groups is 1. The second kappa shape index (κ2) is 9.16. The van der Waals surface area contributed by atoms with Crippen LogP contribution >= 0.6 is 23.2 Å². The molecule has 0 saturated carbocycles. The maximum atomic E-state index is 13.4. The number of rotatable bonds is 4. The number of benzene rings is 2. The summed E-state index contributed by atoms with van der Waals surface area (Å²) >= 11 is 11.6. The van der Waals surface area contributed by atoms with Crippen molar-refractivity contribution in [2.45, 2.75) is 19.6 Å². The maximum Gasteiger partial charge on any atom is 0.416 e. The number of aryl methyl sites for hydroxylation is 1. The molecule has 2 N–H and O–H groups in total. The van der Waals surface area contributed by atoms with Gasteiger partial charge in [-0.25, -0.2) is 9.67 Å². The van der Waals surface area contributed by atoms with Crippen LogP contribution in [0.3, 0.4) is 0 Å². The molecule has 8 nitrogen and oxygen atoms in total. The molecule has 0 unspecified atom stereocenters. The smallest absolute Gasteiger partial charge is 0.416 e. The van der Waals surface area contributed by atoms with Crippen molar-refractivity contribution in [2.75, 3.05) is 5.32 Å². The van der Waals surface area contributed by atoms with Gasteiger partial charge in [-0.3, -0.25) is 9.59 Å². The van der Waals surface area contributed by atoms with Crippen LogP contribution in [-0.2, 0) is 12.7 Å². The number of nitrogens with zero attached hydrogens (tertiary/aromatic N) is 4. The van der Waals surface area contributed by atoms with E-state index in [9.17, 15) is 27.9 Å². The number of pyridine rings is 1. The Morgan fingerprint density at radius 2 is 1.89 bits per heavy atom. The molecule has 0 aliphatic heterocycles. The summed E-state index contributed by atoms with van der Waals surface area (Å²) < 4.78 is 41.0. The average Bonchev–Trinajstić information content (AvgIpc) is 2.80. The molecule has 35 heavy (non-hydrogen) atoms. The molecule has 4 aromatic rings. The van der Waals surface area contributed by atoms with E-state index in [1.54, 1.807) is 13.0 Å². The van der Waals surface area contributed by atoms with Crippen molar-refractivity contribution in [1.82, 2.24) is 20.0 Å². The van der Waals surface area contributed by atoms with Gasteiger partial charge in [0.25, 0.3) is 11.5 Å². The standard InChI is InChI=1S/C22H14Cl2F3N5O3/c1-10-6-7-14(29-20(34)15-8-13(23)18(33)19(24)28-15)16-17(10)30-31-32(21(16)35)9-11-4-2-3-5-12(11)22(25,26)27/h2-8,33H,9H2,1H3,(H,29,34). The minimum Gasteiger partial charge on any atom is -0.504 e. The van der Waals surface area contributed by atoms with E-state index >= 15 is 0 Å². The third-order valence-corrected chi connectivity index (χ3v) is 5.66. The van der Waals surface area contributed by atoms with Crippen molar-refractivity contribution in [3.63, 3.8) is 0 Å². The number of hydrogen-bond donors (Lipinski definition) is 2. The number of carbonyl (C=O) groups excluding carboxylic acids is 1. The Morgan fingerprint density at radius 1 is 1.17 bits per heavy atom. The highest BCUT2D eigenvalue weighted by Gasteiger charge is 2.33. The van der Waals surface area contributed by atoms with Crippen molar-refractivity contribution in [2.24, 2.45) is 0 Å². The predicted octanol–water partition coefficient (Wildman–Crippen LogP) is 4.83. The Labute approximate surface area is 204 Å². The Morgan fingerprint density at radius 3 is 2.57 bits per heavy atom. The van der Waals surface area contributed by atoms with Crippen LogP contribution in [0, 0.1) is 6.92 Å². The van der Waals surface area contributed by atoms with E-state index in [2.05, 4.69) is 20.6 Å². The fourth-order valence-electron chi connectivity index (χ4n) is 3.39. The van der Waals surface area contributed by atoms with Gasteiger partial charge in [-0.2, -0.15) is 13.2 Å². The molecule has 180 valence electrons. The minimum atomic E-state index is -4.63. The number of nitrogens with one attached hydrogen (secondary N) is 1. The van der Waals surface area contributed by atoms with Crippen LogP contribution in [0.15, 0.2) is 47.3 Å². The lowest BCUT2D eigenvalue weighted by molar-refractivity contribution is -0.138. The largest absolute Gasteiger partial charge is 0.504 e. The number of amides is 1. The summed E-state index contributed by atoms with van der Waals surface area (Å²) in [6, 6.07) is 8.92. The Kier molecular flexibility index (Phi) is 6.39. The number of anilines is 1. The number of carbonyl (C=O) groups is 1. The molecule has 0 spiro atoms. The first kappa shape index (κ1) is 24.4. The van der Waals surface area contributed by atoms with Gasteiger partial charge in [0.2, 0.25) is 0 Å². The van der Waals surface area contributed by atoms with Gasteiger partial charge >= 0.3 is 6.18 Å². The minimum absolute atomic E-state index is 0.0236. The van der Waals surface area contributed by atoms with Crippen LogP contribution in [0.4, 0.5) is 18.9 Å². The summed E-state index contributed by atoms with van der Waals surface area (Å²) in [6.07, 6.45) is -4.63. The van der Waals surface area contributed by atoms with Gasteiger partial charge in [0, 0.05) is 0 Å². The number of fused-ring (bicyclic) bond motifs is 1. The van der Waals surface area contributed by atoms with E-state index in [-0.39, 0.29) is 32.9 Å². The van der Waals surface area contributed by atoms with Gasteiger partial charge in [-0.15, -0.1) is 5.10 Å². The zero-order valence-corrected chi connectivity index (χ0v) is 19.2. The first-order chi connectivity index (χ1) is 16.5. The third kappa shape index (κ3) is 4.77. The zero-order chi connectivity index (χ0) is 25.5. The molecule has 0 radical (unpaired) electrons. The fraction of sp³-hybridized carbons (Fsp3) is 0.136. The Bertz CT molecular complexity index is 1520. The molecule has 0 aliphatic carbocycles. The topological polar surface area (TPSA) is 110 Å². The second-order valence-corrected chi connectivity index (χ2v) is 8.21. The quantitative estimate of drug-likeness (QED) is 0.371. The van der Waals surface area contributed by atoms with Gasteiger partial charge in [-0.05, 0) is 36.2 Å². The van der Waals surface area contributed by atoms with Gasteiger partial charge in [0.05, 0.1) is 28.2 Å². The molecule has 0 saturated heterocycles. The highest BCUT2D eigenvalue weighted by atomic mass is 35.5. The van der Waals surface area contributed by atoms with Gasteiger partial charge < -0.3 is 10.4 Å². The van der Waals surface area contributed by atoms with Crippen LogP contribution in [0.2, 0.25) is 10.2 Å². The Balaban J connectivity index is 1.79. The molecule has 0 atom stereocenters. The second-order valence-electron chi connectivity index (χ2n) is 7.44. The lowest BCUT2D eigenvalue weighted by Gasteiger charge is -2.14. The summed E-state index contributed by atoms with van der Waals surface area (Å²) in [5.74, 6) is -1.30. The highest BCUT2D eigenvalue weighted by molar-refractivity contribution is 6.36. The monoisotopic (exact) mass is 523 g/mol. The van der Waals surface area contributed by atoms with E-state index in [1.807, 2.05) is 0 Å². The van der Waals surface area contributed by atoms with Crippen LogP contribution in [0.1, 0.15) is 27.2 Å². The van der Waals surface area contributed by atoms with E-state index < -0.39 is 40.7 Å². The molecule has 13 heteroatoms. The van der Waals surface area contributed by atoms with Gasteiger partial charge in [0.1, 0.15) is 11.2 Å². The van der Waals surface area contributed by atoms with Crippen molar-refractivity contribution < 1.29 is 23.1 Å². The number of aromatic nitrogens is 4. The highest BCUT2D eigenvalue weighted by Crippen LogP contribution is 2.33. The molecule has 2 aromatic heterocycles. The summed E-state index contributed by atoms with van der Waals surface area (Å²) in [4.78, 5) is 29.8. The van der Waals surface area contributed by atoms with Crippen LogP contribution in [-0.4, -0.2) is 31.0 Å². The fourth-order valence-corrected chi connectivity index (χ4v) is 3.83. The first-order valence-electron chi connectivity index (χ1n) is 9.86. The summed E-state index contributed by atoms with van der Waals surface area (Å²) in [5, 5.41) is 19.3. The lowest BCUT2D eigenvalue weighted by atomic mass is 10.1. The number of alkyl halides is 3. The average molecular weight is 524 g/mol. The SMILES string of the molecule is Cc1ccc(NC(=O)c2cc(Cl)c(O)c(Cl)n2)c2c(=O)n(Cc3ccccc3C(F)(F)F)nnc12. The first-order valence-corrected chi connectivity index (χ1v) is 10.6. The van der Waals surface area contributed by atoms with Crippen LogP contribution < -0.4 is 10.9 Å². The Hall–Kier alpha value is -3.70. The van der Waals surface area contributed by atoms with Crippen LogP contribution in [0.5, 0.6) is 5.75 Å². The summed E-state index contributed by atoms with van der Waals surface area (Å²) in [7, 11) is 0. The van der Waals surface area contributed by atoms with Crippen molar-refractivity contribution in [3.8, 4) is 5.75 Å². The summed E-state index contributed by atoms with van der Waals surface area (Å²) in [6.45, 7) is 1.16. The number of hydrogen-bond acceptors (Lipinski definition) is 6. The molecule has 0 aliphatic rings. The zero-order valence-electron chi connectivity index (χ0n) is 17.7.